The zero-order chi connectivity index (χ0) is 24.0. The molecule has 4 aromatic rings. The number of anilines is 1. The van der Waals surface area contributed by atoms with Crippen LogP contribution < -0.4 is 10.3 Å². The monoisotopic (exact) mass is 473 g/mol. The van der Waals surface area contributed by atoms with Crippen molar-refractivity contribution in [2.24, 2.45) is 0 Å². The summed E-state index contributed by atoms with van der Waals surface area (Å²) in [5.74, 6) is -0.876. The van der Waals surface area contributed by atoms with E-state index in [1.807, 2.05) is 31.2 Å². The molecule has 0 N–H and O–H groups in total. The second-order valence-electron chi connectivity index (χ2n) is 8.07. The first-order chi connectivity index (χ1) is 16.4. The van der Waals surface area contributed by atoms with E-state index in [0.717, 1.165) is 11.1 Å². The second kappa shape index (κ2) is 8.47. The maximum Gasteiger partial charge on any atom is 0.338 e. The Bertz CT molecular complexity index is 1490. The van der Waals surface area contributed by atoms with Crippen LogP contribution in [0.3, 0.4) is 0 Å². The number of hydrogen-bond acceptors (Lipinski definition) is 5. The molecule has 0 fully saturated rings. The van der Waals surface area contributed by atoms with Crippen LogP contribution in [0.4, 0.5) is 5.69 Å². The van der Waals surface area contributed by atoms with Crippen LogP contribution in [0.25, 0.3) is 11.0 Å². The van der Waals surface area contributed by atoms with Crippen LogP contribution in [0.1, 0.15) is 50.6 Å². The van der Waals surface area contributed by atoms with Crippen molar-refractivity contribution < 1.29 is 18.7 Å². The maximum atomic E-state index is 13.6. The summed E-state index contributed by atoms with van der Waals surface area (Å²) in [5.41, 5.74) is 2.97. The van der Waals surface area contributed by atoms with Crippen LogP contribution in [0.5, 0.6) is 0 Å². The molecule has 34 heavy (non-hydrogen) atoms. The van der Waals surface area contributed by atoms with Crippen molar-refractivity contribution in [3.63, 3.8) is 0 Å². The van der Waals surface area contributed by atoms with E-state index < -0.39 is 17.9 Å². The van der Waals surface area contributed by atoms with Gasteiger partial charge < -0.3 is 9.15 Å². The Morgan fingerprint density at radius 3 is 2.41 bits per heavy atom. The first-order valence-corrected chi connectivity index (χ1v) is 11.2. The van der Waals surface area contributed by atoms with Crippen LogP contribution in [0, 0.1) is 6.92 Å². The van der Waals surface area contributed by atoms with Crippen molar-refractivity contribution >= 4 is 40.1 Å². The average molecular weight is 474 g/mol. The summed E-state index contributed by atoms with van der Waals surface area (Å²) in [5, 5.41) is 0.720. The van der Waals surface area contributed by atoms with Gasteiger partial charge in [-0.15, -0.1) is 0 Å². The van der Waals surface area contributed by atoms with Gasteiger partial charge in [-0.2, -0.15) is 0 Å². The smallest absolute Gasteiger partial charge is 0.338 e. The molecule has 1 aliphatic heterocycles. The number of amides is 1. The molecule has 0 saturated heterocycles. The van der Waals surface area contributed by atoms with E-state index in [4.69, 9.17) is 20.8 Å². The normalized spacial score (nSPS) is 15.0. The van der Waals surface area contributed by atoms with Crippen molar-refractivity contribution in [1.82, 2.24) is 0 Å². The van der Waals surface area contributed by atoms with Crippen molar-refractivity contribution in [3.8, 4) is 0 Å². The Morgan fingerprint density at radius 1 is 1.03 bits per heavy atom. The molecule has 1 aromatic heterocycles. The first-order valence-electron chi connectivity index (χ1n) is 10.8. The maximum absolute atomic E-state index is 13.6. The summed E-state index contributed by atoms with van der Waals surface area (Å²) < 4.78 is 11.0. The molecule has 1 atom stereocenters. The van der Waals surface area contributed by atoms with Gasteiger partial charge in [0.05, 0.1) is 29.2 Å². The summed E-state index contributed by atoms with van der Waals surface area (Å²) in [6, 6.07) is 18.2. The van der Waals surface area contributed by atoms with Crippen molar-refractivity contribution in [3.05, 3.63) is 110 Å². The van der Waals surface area contributed by atoms with Gasteiger partial charge in [0, 0.05) is 10.7 Å². The highest BCUT2D eigenvalue weighted by Gasteiger charge is 2.43. The lowest BCUT2D eigenvalue weighted by Gasteiger charge is -2.25. The number of halogens is 1. The van der Waals surface area contributed by atoms with E-state index in [9.17, 15) is 14.4 Å². The fourth-order valence-electron chi connectivity index (χ4n) is 4.25. The molecule has 5 rings (SSSR count). The van der Waals surface area contributed by atoms with Crippen molar-refractivity contribution in [2.75, 3.05) is 11.5 Å². The molecule has 0 spiro atoms. The molecular formula is C27H20ClNO5. The number of benzene rings is 3. The number of carbonyl (C=O) groups excluding carboxylic acids is 2. The minimum Gasteiger partial charge on any atom is -0.462 e. The van der Waals surface area contributed by atoms with Crippen LogP contribution in [0.2, 0.25) is 5.02 Å². The van der Waals surface area contributed by atoms with Crippen LogP contribution in [-0.4, -0.2) is 18.5 Å². The van der Waals surface area contributed by atoms with Gasteiger partial charge in [-0.05, 0) is 61.9 Å². The second-order valence-corrected chi connectivity index (χ2v) is 8.51. The molecule has 2 heterocycles. The van der Waals surface area contributed by atoms with Crippen molar-refractivity contribution in [1.29, 1.82) is 0 Å². The lowest BCUT2D eigenvalue weighted by Crippen LogP contribution is -2.29. The first kappa shape index (κ1) is 21.9. The Labute approximate surface area is 200 Å². The molecular weight excluding hydrogens is 454 g/mol. The third-order valence-electron chi connectivity index (χ3n) is 5.88. The lowest BCUT2D eigenvalue weighted by atomic mass is 9.97. The van der Waals surface area contributed by atoms with Gasteiger partial charge in [0.15, 0.2) is 5.43 Å². The Balaban J connectivity index is 1.70. The molecule has 0 aliphatic carbocycles. The van der Waals surface area contributed by atoms with E-state index in [0.29, 0.717) is 27.2 Å². The summed E-state index contributed by atoms with van der Waals surface area (Å²) in [6.07, 6.45) is 0. The molecule has 1 aliphatic rings. The predicted molar refractivity (Wildman–Crippen MR) is 130 cm³/mol. The van der Waals surface area contributed by atoms with E-state index in [1.54, 1.807) is 49.4 Å². The van der Waals surface area contributed by atoms with E-state index in [1.165, 1.54) is 4.90 Å². The van der Waals surface area contributed by atoms with E-state index in [-0.39, 0.29) is 23.4 Å². The Kier molecular flexibility index (Phi) is 5.46. The number of ether oxygens (including phenoxy) is 1. The highest BCUT2D eigenvalue weighted by atomic mass is 35.5. The van der Waals surface area contributed by atoms with Gasteiger partial charge in [-0.3, -0.25) is 14.5 Å². The SMILES string of the molecule is CCOC(=O)c1ccc(N2C(=O)c3oc4ccc(Cl)cc4c(=O)c3C2c2ccc(C)cc2)cc1. The molecule has 1 amide bonds. The summed E-state index contributed by atoms with van der Waals surface area (Å²) >= 11 is 6.13. The summed E-state index contributed by atoms with van der Waals surface area (Å²) in [4.78, 5) is 40.8. The number of hydrogen-bond donors (Lipinski definition) is 0. The number of nitrogens with zero attached hydrogens (tertiary/aromatic N) is 1. The third kappa shape index (κ3) is 3.56. The fourth-order valence-corrected chi connectivity index (χ4v) is 4.42. The number of fused-ring (bicyclic) bond motifs is 2. The van der Waals surface area contributed by atoms with Gasteiger partial charge in [-0.25, -0.2) is 4.79 Å². The average Bonchev–Trinajstić information content (AvgIpc) is 3.13. The van der Waals surface area contributed by atoms with E-state index in [2.05, 4.69) is 0 Å². The minimum atomic E-state index is -0.698. The Hall–Kier alpha value is -3.90. The molecule has 170 valence electrons. The van der Waals surface area contributed by atoms with Gasteiger partial charge in [-0.1, -0.05) is 41.4 Å². The quantitative estimate of drug-likeness (QED) is 0.356. The fraction of sp³-hybridized carbons (Fsp3) is 0.148. The van der Waals surface area contributed by atoms with Crippen LogP contribution >= 0.6 is 11.6 Å². The molecule has 3 aromatic carbocycles. The molecule has 0 saturated carbocycles. The third-order valence-corrected chi connectivity index (χ3v) is 6.12. The number of rotatable bonds is 4. The molecule has 6 nitrogen and oxygen atoms in total. The zero-order valence-electron chi connectivity index (χ0n) is 18.5. The van der Waals surface area contributed by atoms with Crippen molar-refractivity contribution in [2.45, 2.75) is 19.9 Å². The van der Waals surface area contributed by atoms with Crippen LogP contribution in [0.15, 0.2) is 75.9 Å². The zero-order valence-corrected chi connectivity index (χ0v) is 19.3. The molecule has 0 radical (unpaired) electrons. The molecule has 1 unspecified atom stereocenters. The Morgan fingerprint density at radius 2 is 1.74 bits per heavy atom. The molecule has 0 bridgehead atoms. The predicted octanol–water partition coefficient (Wildman–Crippen LogP) is 5.68. The summed E-state index contributed by atoms with van der Waals surface area (Å²) in [6.45, 7) is 3.97. The lowest BCUT2D eigenvalue weighted by molar-refractivity contribution is 0.0526. The topological polar surface area (TPSA) is 76.8 Å². The number of carbonyl (C=O) groups is 2. The largest absolute Gasteiger partial charge is 0.462 e. The number of aryl methyl sites for hydroxylation is 1. The van der Waals surface area contributed by atoms with Gasteiger partial charge in [0.1, 0.15) is 5.58 Å². The number of esters is 1. The van der Waals surface area contributed by atoms with E-state index >= 15 is 0 Å². The van der Waals surface area contributed by atoms with Gasteiger partial charge in [0.2, 0.25) is 5.76 Å². The highest BCUT2D eigenvalue weighted by Crippen LogP contribution is 2.41. The van der Waals surface area contributed by atoms with Gasteiger partial charge in [0.25, 0.3) is 5.91 Å². The standard InChI is InChI=1S/C27H20ClNO5/c1-3-33-27(32)17-8-11-19(12-9-17)29-23(16-6-4-15(2)5-7-16)22-24(30)20-14-18(28)10-13-21(20)34-25(22)26(29)31/h4-14,23H,3H2,1-2H3. The molecule has 7 heteroatoms. The highest BCUT2D eigenvalue weighted by molar-refractivity contribution is 6.31. The van der Waals surface area contributed by atoms with Gasteiger partial charge >= 0.3 is 5.97 Å². The van der Waals surface area contributed by atoms with Crippen LogP contribution in [-0.2, 0) is 4.74 Å². The summed E-state index contributed by atoms with van der Waals surface area (Å²) in [7, 11) is 0. The minimum absolute atomic E-state index is 0.000123.